The van der Waals surface area contributed by atoms with Crippen molar-refractivity contribution >= 4 is 17.3 Å². The number of nitro benzene ring substituents is 2. The van der Waals surface area contributed by atoms with Crippen LogP contribution < -0.4 is 5.32 Å². The molecule has 0 spiro atoms. The topological polar surface area (TPSA) is 115 Å². The van der Waals surface area contributed by atoms with Crippen LogP contribution in [0.5, 0.6) is 0 Å². The van der Waals surface area contributed by atoms with E-state index in [1.54, 1.807) is 6.92 Å². The zero-order valence-electron chi connectivity index (χ0n) is 12.8. The first kappa shape index (κ1) is 17.1. The first-order valence-corrected chi connectivity index (χ1v) is 7.16. The van der Waals surface area contributed by atoms with Crippen LogP contribution in [-0.2, 0) is 6.42 Å². The largest absolute Gasteiger partial charge is 0.349 e. The lowest BCUT2D eigenvalue weighted by molar-refractivity contribution is -0.394. The van der Waals surface area contributed by atoms with Gasteiger partial charge in [0.1, 0.15) is 5.56 Å². The molecule has 1 amide bonds. The molecule has 24 heavy (non-hydrogen) atoms. The molecule has 0 bridgehead atoms. The van der Waals surface area contributed by atoms with Crippen LogP contribution in [0.3, 0.4) is 0 Å². The van der Waals surface area contributed by atoms with Gasteiger partial charge in [-0.15, -0.1) is 0 Å². The van der Waals surface area contributed by atoms with Gasteiger partial charge in [0.05, 0.1) is 15.9 Å². The maximum atomic E-state index is 12.3. The molecule has 1 atom stereocenters. The van der Waals surface area contributed by atoms with Crippen molar-refractivity contribution in [3.8, 4) is 0 Å². The van der Waals surface area contributed by atoms with Gasteiger partial charge in [-0.2, -0.15) is 0 Å². The van der Waals surface area contributed by atoms with Gasteiger partial charge in [0.25, 0.3) is 17.3 Å². The molecule has 0 aromatic heterocycles. The average Bonchev–Trinajstić information content (AvgIpc) is 2.54. The van der Waals surface area contributed by atoms with Crippen molar-refractivity contribution in [3.05, 3.63) is 79.9 Å². The number of nitrogens with zero attached hydrogens (tertiary/aromatic N) is 2. The first-order valence-electron chi connectivity index (χ1n) is 7.16. The van der Waals surface area contributed by atoms with Crippen LogP contribution in [0.15, 0.2) is 48.5 Å². The second-order valence-corrected chi connectivity index (χ2v) is 5.28. The number of hydrogen-bond acceptors (Lipinski definition) is 5. The minimum atomic E-state index is -0.802. The Morgan fingerprint density at radius 1 is 1.08 bits per heavy atom. The molecule has 1 N–H and O–H groups in total. The molecule has 124 valence electrons. The fraction of sp³-hybridized carbons (Fsp3) is 0.188. The Bertz CT molecular complexity index is 777. The fourth-order valence-corrected chi connectivity index (χ4v) is 2.30. The Kier molecular flexibility index (Phi) is 5.20. The lowest BCUT2D eigenvalue weighted by Gasteiger charge is -2.14. The molecule has 0 aliphatic heterocycles. The van der Waals surface area contributed by atoms with Crippen LogP contribution in [0.2, 0.25) is 0 Å². The monoisotopic (exact) mass is 329 g/mol. The summed E-state index contributed by atoms with van der Waals surface area (Å²) in [6.45, 7) is 1.78. The summed E-state index contributed by atoms with van der Waals surface area (Å²) in [6, 6.07) is 12.2. The molecular weight excluding hydrogens is 314 g/mol. The summed E-state index contributed by atoms with van der Waals surface area (Å²) in [4.78, 5) is 32.5. The van der Waals surface area contributed by atoms with E-state index in [2.05, 4.69) is 5.32 Å². The molecule has 0 heterocycles. The van der Waals surface area contributed by atoms with E-state index in [0.717, 1.165) is 23.8 Å². The number of benzene rings is 2. The highest BCUT2D eigenvalue weighted by molar-refractivity contribution is 5.98. The van der Waals surface area contributed by atoms with Gasteiger partial charge < -0.3 is 5.32 Å². The standard InChI is InChI=1S/C16H15N3O5/c1-11(9-12-5-3-2-4-6-12)17-16(20)14-8-7-13(18(21)22)10-15(14)19(23)24/h2-8,10-11H,9H2,1H3,(H,17,20). The van der Waals surface area contributed by atoms with E-state index in [0.29, 0.717) is 6.42 Å². The smallest absolute Gasteiger partial charge is 0.289 e. The molecule has 0 aliphatic carbocycles. The first-order chi connectivity index (χ1) is 11.4. The highest BCUT2D eigenvalue weighted by atomic mass is 16.6. The van der Waals surface area contributed by atoms with Crippen LogP contribution in [0, 0.1) is 20.2 Å². The Morgan fingerprint density at radius 3 is 2.33 bits per heavy atom. The van der Waals surface area contributed by atoms with Crippen LogP contribution in [0.1, 0.15) is 22.8 Å². The summed E-state index contributed by atoms with van der Waals surface area (Å²) >= 11 is 0. The molecule has 0 radical (unpaired) electrons. The summed E-state index contributed by atoms with van der Waals surface area (Å²) in [7, 11) is 0. The summed E-state index contributed by atoms with van der Waals surface area (Å²) in [5.74, 6) is -0.639. The zero-order chi connectivity index (χ0) is 17.7. The number of non-ortho nitro benzene ring substituents is 1. The molecule has 0 aliphatic rings. The van der Waals surface area contributed by atoms with E-state index < -0.39 is 27.1 Å². The average molecular weight is 329 g/mol. The predicted octanol–water partition coefficient (Wildman–Crippen LogP) is 2.86. The number of nitro groups is 2. The van der Waals surface area contributed by atoms with Crippen LogP contribution in [0.4, 0.5) is 11.4 Å². The van der Waals surface area contributed by atoms with Gasteiger partial charge in [-0.1, -0.05) is 30.3 Å². The summed E-state index contributed by atoms with van der Waals surface area (Å²) in [6.07, 6.45) is 0.563. The quantitative estimate of drug-likeness (QED) is 0.646. The maximum Gasteiger partial charge on any atom is 0.289 e. The molecule has 8 nitrogen and oxygen atoms in total. The fourth-order valence-electron chi connectivity index (χ4n) is 2.30. The van der Waals surface area contributed by atoms with Crippen LogP contribution >= 0.6 is 0 Å². The zero-order valence-corrected chi connectivity index (χ0v) is 12.8. The molecule has 0 saturated carbocycles. The Hall–Kier alpha value is -3.29. The SMILES string of the molecule is CC(Cc1ccccc1)NC(=O)c1ccc([N+](=O)[O-])cc1[N+](=O)[O-]. The van der Waals surface area contributed by atoms with Gasteiger partial charge in [0, 0.05) is 12.1 Å². The Labute approximate surface area is 137 Å². The van der Waals surface area contributed by atoms with Gasteiger partial charge in [-0.05, 0) is 25.0 Å². The second-order valence-electron chi connectivity index (χ2n) is 5.28. The van der Waals surface area contributed by atoms with E-state index in [-0.39, 0.29) is 11.6 Å². The van der Waals surface area contributed by atoms with Crippen LogP contribution in [0.25, 0.3) is 0 Å². The van der Waals surface area contributed by atoms with Gasteiger partial charge in [0.15, 0.2) is 0 Å². The minimum Gasteiger partial charge on any atom is -0.349 e. The molecule has 0 fully saturated rings. The second kappa shape index (κ2) is 7.32. The summed E-state index contributed by atoms with van der Waals surface area (Å²) < 4.78 is 0. The van der Waals surface area contributed by atoms with Crippen molar-refractivity contribution in [1.29, 1.82) is 0 Å². The summed E-state index contributed by atoms with van der Waals surface area (Å²) in [5, 5.41) is 24.5. The Balaban J connectivity index is 2.17. The number of carbonyl (C=O) groups is 1. The van der Waals surface area contributed by atoms with E-state index in [9.17, 15) is 25.0 Å². The van der Waals surface area contributed by atoms with E-state index in [1.807, 2.05) is 30.3 Å². The van der Waals surface area contributed by atoms with Gasteiger partial charge in [0.2, 0.25) is 0 Å². The minimum absolute atomic E-state index is 0.203. The molecule has 1 unspecified atom stereocenters. The third-order valence-corrected chi connectivity index (χ3v) is 3.40. The van der Waals surface area contributed by atoms with Crippen molar-refractivity contribution in [2.24, 2.45) is 0 Å². The highest BCUT2D eigenvalue weighted by Crippen LogP contribution is 2.24. The van der Waals surface area contributed by atoms with Gasteiger partial charge >= 0.3 is 0 Å². The molecular formula is C16H15N3O5. The number of hydrogen-bond donors (Lipinski definition) is 1. The lowest BCUT2D eigenvalue weighted by atomic mass is 10.1. The van der Waals surface area contributed by atoms with Crippen molar-refractivity contribution < 1.29 is 14.6 Å². The highest BCUT2D eigenvalue weighted by Gasteiger charge is 2.24. The molecule has 2 aromatic rings. The van der Waals surface area contributed by atoms with Crippen molar-refractivity contribution in [3.63, 3.8) is 0 Å². The van der Waals surface area contributed by atoms with Crippen LogP contribution in [-0.4, -0.2) is 21.8 Å². The van der Waals surface area contributed by atoms with E-state index >= 15 is 0 Å². The number of carbonyl (C=O) groups excluding carboxylic acids is 1. The van der Waals surface area contributed by atoms with Crippen molar-refractivity contribution in [2.75, 3.05) is 0 Å². The third kappa shape index (κ3) is 4.13. The van der Waals surface area contributed by atoms with Gasteiger partial charge in [-0.25, -0.2) is 0 Å². The maximum absolute atomic E-state index is 12.3. The summed E-state index contributed by atoms with van der Waals surface area (Å²) in [5.41, 5.74) is -0.210. The van der Waals surface area contributed by atoms with Crippen molar-refractivity contribution in [2.45, 2.75) is 19.4 Å². The normalized spacial score (nSPS) is 11.5. The number of rotatable bonds is 6. The third-order valence-electron chi connectivity index (χ3n) is 3.40. The van der Waals surface area contributed by atoms with Gasteiger partial charge in [-0.3, -0.25) is 25.0 Å². The molecule has 0 saturated heterocycles. The molecule has 8 heteroatoms. The number of amides is 1. The van der Waals surface area contributed by atoms with E-state index in [4.69, 9.17) is 0 Å². The molecule has 2 rings (SSSR count). The predicted molar refractivity (Wildman–Crippen MR) is 86.8 cm³/mol. The van der Waals surface area contributed by atoms with E-state index in [1.165, 1.54) is 0 Å². The Morgan fingerprint density at radius 2 is 1.75 bits per heavy atom. The van der Waals surface area contributed by atoms with Crippen molar-refractivity contribution in [1.82, 2.24) is 5.32 Å². The molecule has 2 aromatic carbocycles. The lowest BCUT2D eigenvalue weighted by Crippen LogP contribution is -2.34. The number of nitrogens with one attached hydrogen (secondary N) is 1.